The van der Waals surface area contributed by atoms with E-state index in [9.17, 15) is 4.91 Å². The normalized spacial score (nSPS) is 40.9. The average molecular weight is 230 g/mol. The maximum Gasteiger partial charge on any atom is 0.163 e. The number of hydrogen-bond donors (Lipinski definition) is 1. The van der Waals surface area contributed by atoms with Gasteiger partial charge in [-0.2, -0.15) is 4.91 Å². The van der Waals surface area contributed by atoms with Gasteiger partial charge in [0.05, 0.1) is 12.7 Å². The van der Waals surface area contributed by atoms with Gasteiger partial charge in [0, 0.05) is 6.04 Å². The Labute approximate surface area is 94.4 Å². The Kier molecular flexibility index (Phi) is 3.25. The van der Waals surface area contributed by atoms with Crippen LogP contribution in [0.1, 0.15) is 20.3 Å². The Morgan fingerprint density at radius 2 is 2.12 bits per heavy atom. The Hall–Kier alpha value is -0.560. The van der Waals surface area contributed by atoms with Gasteiger partial charge in [-0.25, -0.2) is 0 Å². The van der Waals surface area contributed by atoms with Gasteiger partial charge >= 0.3 is 0 Å². The molecule has 2 aliphatic rings. The summed E-state index contributed by atoms with van der Waals surface area (Å²) in [5.41, 5.74) is 5.97. The van der Waals surface area contributed by atoms with Crippen LogP contribution in [0.15, 0.2) is 5.18 Å². The topological polar surface area (TPSA) is 83.1 Å². The molecule has 0 aromatic carbocycles. The van der Waals surface area contributed by atoms with Crippen molar-refractivity contribution in [3.05, 3.63) is 4.91 Å². The van der Waals surface area contributed by atoms with Crippen LogP contribution in [0.3, 0.4) is 0 Å². The molecule has 16 heavy (non-hydrogen) atoms. The molecule has 1 heterocycles. The van der Waals surface area contributed by atoms with E-state index in [1.807, 2.05) is 13.8 Å². The Bertz CT molecular complexity index is 272. The second-order valence-corrected chi connectivity index (χ2v) is 4.73. The van der Waals surface area contributed by atoms with E-state index in [1.54, 1.807) is 0 Å². The Morgan fingerprint density at radius 3 is 2.81 bits per heavy atom. The Balaban J connectivity index is 1.93. The molecule has 6 heteroatoms. The van der Waals surface area contributed by atoms with Crippen molar-refractivity contribution in [2.45, 2.75) is 50.4 Å². The predicted octanol–water partition coefficient (Wildman–Crippen LogP) is 0.389. The molecule has 92 valence electrons. The lowest BCUT2D eigenvalue weighted by molar-refractivity contribution is -0.167. The fourth-order valence-electron chi connectivity index (χ4n) is 2.38. The van der Waals surface area contributed by atoms with Crippen LogP contribution >= 0.6 is 0 Å². The highest BCUT2D eigenvalue weighted by atomic mass is 16.8. The summed E-state index contributed by atoms with van der Waals surface area (Å²) in [5, 5.41) is 2.75. The summed E-state index contributed by atoms with van der Waals surface area (Å²) >= 11 is 0. The molecule has 0 aromatic heterocycles. The second-order valence-electron chi connectivity index (χ2n) is 4.73. The highest BCUT2D eigenvalue weighted by molar-refractivity contribution is 5.01. The minimum atomic E-state index is -0.599. The summed E-state index contributed by atoms with van der Waals surface area (Å²) in [6.45, 7) is 4.20. The van der Waals surface area contributed by atoms with Crippen molar-refractivity contribution in [3.8, 4) is 0 Å². The summed E-state index contributed by atoms with van der Waals surface area (Å²) in [7, 11) is 0. The van der Waals surface area contributed by atoms with Crippen molar-refractivity contribution in [1.29, 1.82) is 0 Å². The van der Waals surface area contributed by atoms with Crippen LogP contribution in [-0.2, 0) is 14.2 Å². The lowest BCUT2D eigenvalue weighted by Crippen LogP contribution is -2.35. The molecule has 4 atom stereocenters. The van der Waals surface area contributed by atoms with Gasteiger partial charge in [-0.05, 0) is 20.3 Å². The van der Waals surface area contributed by atoms with Crippen LogP contribution in [0.25, 0.3) is 0 Å². The molecular formula is C10H18N2O4. The third kappa shape index (κ3) is 2.24. The maximum absolute atomic E-state index is 9.96. The third-order valence-electron chi connectivity index (χ3n) is 2.97. The summed E-state index contributed by atoms with van der Waals surface area (Å²) in [4.78, 5) is 9.96. The molecule has 0 radical (unpaired) electrons. The van der Waals surface area contributed by atoms with Crippen LogP contribution in [0.5, 0.6) is 0 Å². The van der Waals surface area contributed by atoms with Gasteiger partial charge in [-0.1, -0.05) is 5.18 Å². The van der Waals surface area contributed by atoms with Gasteiger partial charge in [0.25, 0.3) is 0 Å². The van der Waals surface area contributed by atoms with E-state index in [-0.39, 0.29) is 30.9 Å². The molecule has 1 saturated carbocycles. The first kappa shape index (κ1) is 11.9. The van der Waals surface area contributed by atoms with E-state index in [0.29, 0.717) is 13.0 Å². The zero-order valence-corrected chi connectivity index (χ0v) is 9.59. The highest BCUT2D eigenvalue weighted by Gasteiger charge is 2.53. The quantitative estimate of drug-likeness (QED) is 0.558. The molecular weight excluding hydrogens is 212 g/mol. The molecule has 4 unspecified atom stereocenters. The van der Waals surface area contributed by atoms with Crippen LogP contribution in [0, 0.1) is 4.91 Å². The lowest BCUT2D eigenvalue weighted by atomic mass is 10.2. The molecule has 2 N–H and O–H groups in total. The monoisotopic (exact) mass is 230 g/mol. The minimum absolute atomic E-state index is 0.0686. The number of fused-ring (bicyclic) bond motifs is 1. The van der Waals surface area contributed by atoms with E-state index in [2.05, 4.69) is 5.18 Å². The van der Waals surface area contributed by atoms with Crippen molar-refractivity contribution < 1.29 is 14.2 Å². The molecule has 0 amide bonds. The summed E-state index contributed by atoms with van der Waals surface area (Å²) in [6.07, 6.45) is 0.369. The van der Waals surface area contributed by atoms with Gasteiger partial charge in [0.15, 0.2) is 5.79 Å². The van der Waals surface area contributed by atoms with Gasteiger partial charge in [-0.3, -0.25) is 0 Å². The van der Waals surface area contributed by atoms with Crippen LogP contribution in [0.4, 0.5) is 0 Å². The fourth-order valence-corrected chi connectivity index (χ4v) is 2.38. The van der Waals surface area contributed by atoms with Crippen LogP contribution in [-0.4, -0.2) is 43.3 Å². The van der Waals surface area contributed by atoms with Crippen molar-refractivity contribution in [2.24, 2.45) is 10.9 Å². The zero-order chi connectivity index (χ0) is 11.8. The molecule has 0 spiro atoms. The first-order valence-corrected chi connectivity index (χ1v) is 5.55. The Morgan fingerprint density at radius 1 is 1.44 bits per heavy atom. The number of ether oxygens (including phenoxy) is 3. The number of nitrogens with zero attached hydrogens (tertiary/aromatic N) is 1. The standard InChI is InChI=1S/C10H18N2O4/c1-10(2)15-8-6(11)5-7(9(8)16-10)14-4-3-12-13/h6-9H,3-5,11H2,1-2H3. The number of nitroso groups, excluding NO2 is 1. The van der Waals surface area contributed by atoms with E-state index in [0.717, 1.165) is 0 Å². The molecule has 1 aliphatic carbocycles. The summed E-state index contributed by atoms with van der Waals surface area (Å²) < 4.78 is 17.0. The van der Waals surface area contributed by atoms with Gasteiger partial charge < -0.3 is 19.9 Å². The molecule has 1 saturated heterocycles. The molecule has 2 fully saturated rings. The molecule has 6 nitrogen and oxygen atoms in total. The van der Waals surface area contributed by atoms with Crippen LogP contribution in [0.2, 0.25) is 0 Å². The SMILES string of the molecule is CC1(C)OC2C(N)CC(OCCN=O)C2O1. The number of hydrogen-bond acceptors (Lipinski definition) is 6. The first-order valence-electron chi connectivity index (χ1n) is 5.55. The molecule has 1 aliphatic heterocycles. The van der Waals surface area contributed by atoms with E-state index in [4.69, 9.17) is 19.9 Å². The third-order valence-corrected chi connectivity index (χ3v) is 2.97. The smallest absolute Gasteiger partial charge is 0.163 e. The number of rotatable bonds is 4. The molecule has 0 bridgehead atoms. The highest BCUT2D eigenvalue weighted by Crippen LogP contribution is 2.38. The maximum atomic E-state index is 9.96. The van der Waals surface area contributed by atoms with Crippen molar-refractivity contribution in [2.75, 3.05) is 13.2 Å². The van der Waals surface area contributed by atoms with Gasteiger partial charge in [0.1, 0.15) is 18.8 Å². The van der Waals surface area contributed by atoms with Gasteiger partial charge in [0.2, 0.25) is 0 Å². The summed E-state index contributed by atoms with van der Waals surface area (Å²) in [6, 6.07) is -0.0686. The summed E-state index contributed by atoms with van der Waals surface area (Å²) in [5.74, 6) is -0.599. The fraction of sp³-hybridized carbons (Fsp3) is 1.00. The average Bonchev–Trinajstić information content (AvgIpc) is 2.64. The van der Waals surface area contributed by atoms with Crippen molar-refractivity contribution in [1.82, 2.24) is 0 Å². The molecule has 0 aromatic rings. The van der Waals surface area contributed by atoms with Crippen molar-refractivity contribution in [3.63, 3.8) is 0 Å². The van der Waals surface area contributed by atoms with E-state index in [1.165, 1.54) is 0 Å². The van der Waals surface area contributed by atoms with E-state index >= 15 is 0 Å². The van der Waals surface area contributed by atoms with Crippen molar-refractivity contribution >= 4 is 0 Å². The van der Waals surface area contributed by atoms with Crippen LogP contribution < -0.4 is 5.73 Å². The lowest BCUT2D eigenvalue weighted by Gasteiger charge is -2.22. The predicted molar refractivity (Wildman–Crippen MR) is 56.8 cm³/mol. The first-order chi connectivity index (χ1) is 7.53. The zero-order valence-electron chi connectivity index (χ0n) is 9.59. The molecule has 2 rings (SSSR count). The van der Waals surface area contributed by atoms with Gasteiger partial charge in [-0.15, -0.1) is 0 Å². The number of nitrogens with two attached hydrogens (primary N) is 1. The largest absolute Gasteiger partial charge is 0.373 e. The van der Waals surface area contributed by atoms with E-state index < -0.39 is 5.79 Å². The minimum Gasteiger partial charge on any atom is -0.373 e. The second kappa shape index (κ2) is 4.37.